The van der Waals surface area contributed by atoms with E-state index in [9.17, 15) is 0 Å². The van der Waals surface area contributed by atoms with Gasteiger partial charge >= 0.3 is 0 Å². The molecule has 6 nitrogen and oxygen atoms in total. The van der Waals surface area contributed by atoms with Gasteiger partial charge in [-0.1, -0.05) is 0 Å². The van der Waals surface area contributed by atoms with Gasteiger partial charge < -0.3 is 4.74 Å². The van der Waals surface area contributed by atoms with Crippen LogP contribution in [0.1, 0.15) is 24.8 Å². The van der Waals surface area contributed by atoms with Crippen LogP contribution in [-0.2, 0) is 0 Å². The fraction of sp³-hybridized carbons (Fsp3) is 0.500. The minimum atomic E-state index is 0.193. The molecule has 0 radical (unpaired) electrons. The molecule has 2 atom stereocenters. The summed E-state index contributed by atoms with van der Waals surface area (Å²) < 4.78 is 7.75. The van der Waals surface area contributed by atoms with E-state index in [1.807, 2.05) is 13.1 Å². The maximum absolute atomic E-state index is 6.20. The van der Waals surface area contributed by atoms with Crippen LogP contribution in [0.3, 0.4) is 0 Å². The Hall–Kier alpha value is -1.82. The molecule has 0 spiro atoms. The zero-order chi connectivity index (χ0) is 12.3. The molecule has 2 aromatic rings. The van der Waals surface area contributed by atoms with Crippen LogP contribution in [0.15, 0.2) is 12.4 Å². The van der Waals surface area contributed by atoms with Crippen molar-refractivity contribution in [3.63, 3.8) is 0 Å². The molecular weight excluding hydrogens is 230 g/mol. The molecule has 0 amide bonds. The Morgan fingerprint density at radius 3 is 3.22 bits per heavy atom. The van der Waals surface area contributed by atoms with Gasteiger partial charge in [0.25, 0.3) is 0 Å². The van der Waals surface area contributed by atoms with Gasteiger partial charge in [0.1, 0.15) is 6.10 Å². The van der Waals surface area contributed by atoms with Gasteiger partial charge in [-0.3, -0.25) is 5.01 Å². The van der Waals surface area contributed by atoms with E-state index >= 15 is 0 Å². The van der Waals surface area contributed by atoms with Crippen molar-refractivity contribution in [3.05, 3.63) is 18.0 Å². The van der Waals surface area contributed by atoms with Crippen molar-refractivity contribution < 1.29 is 4.74 Å². The lowest BCUT2D eigenvalue weighted by Gasteiger charge is -2.36. The van der Waals surface area contributed by atoms with Crippen LogP contribution >= 0.6 is 0 Å². The number of aromatic nitrogens is 3. The van der Waals surface area contributed by atoms with Gasteiger partial charge in [-0.25, -0.2) is 15.3 Å². The SMILES string of the molecule is Cc1cnn2cc3c(nc12)N(N)[C@H]1CCC[C@@H]1O3. The Kier molecular flexibility index (Phi) is 1.89. The minimum absolute atomic E-state index is 0.193. The Morgan fingerprint density at radius 1 is 1.44 bits per heavy atom. The number of ether oxygens (including phenoxy) is 1. The summed E-state index contributed by atoms with van der Waals surface area (Å²) in [5.74, 6) is 7.67. The van der Waals surface area contributed by atoms with Crippen LogP contribution < -0.4 is 15.6 Å². The van der Waals surface area contributed by atoms with E-state index in [0.29, 0.717) is 0 Å². The van der Waals surface area contributed by atoms with E-state index in [1.54, 1.807) is 15.7 Å². The highest BCUT2D eigenvalue weighted by atomic mass is 16.5. The molecule has 2 N–H and O–H groups in total. The topological polar surface area (TPSA) is 68.7 Å². The summed E-state index contributed by atoms with van der Waals surface area (Å²) in [5, 5.41) is 6.03. The van der Waals surface area contributed by atoms with E-state index < -0.39 is 0 Å². The zero-order valence-electron chi connectivity index (χ0n) is 10.2. The van der Waals surface area contributed by atoms with Crippen LogP contribution in [0.2, 0.25) is 0 Å². The summed E-state index contributed by atoms with van der Waals surface area (Å²) in [4.78, 5) is 4.59. The molecule has 0 bridgehead atoms. The van der Waals surface area contributed by atoms with Crippen LogP contribution in [0, 0.1) is 6.92 Å². The molecule has 1 aliphatic heterocycles. The van der Waals surface area contributed by atoms with Gasteiger partial charge in [-0.05, 0) is 26.2 Å². The summed E-state index contributed by atoms with van der Waals surface area (Å²) in [7, 11) is 0. The Labute approximate surface area is 104 Å². The van der Waals surface area contributed by atoms with Gasteiger partial charge in [0.05, 0.1) is 18.4 Å². The lowest BCUT2D eigenvalue weighted by atomic mass is 10.1. The van der Waals surface area contributed by atoms with Gasteiger partial charge in [0.2, 0.25) is 0 Å². The number of fused-ring (bicyclic) bond motifs is 3. The molecule has 1 aliphatic carbocycles. The minimum Gasteiger partial charge on any atom is -0.483 e. The molecule has 0 saturated heterocycles. The van der Waals surface area contributed by atoms with Gasteiger partial charge in [-0.15, -0.1) is 0 Å². The molecule has 18 heavy (non-hydrogen) atoms. The lowest BCUT2D eigenvalue weighted by molar-refractivity contribution is 0.169. The first-order valence-electron chi connectivity index (χ1n) is 6.29. The van der Waals surface area contributed by atoms with E-state index in [0.717, 1.165) is 42.0 Å². The monoisotopic (exact) mass is 245 g/mol. The molecule has 94 valence electrons. The van der Waals surface area contributed by atoms with Crippen molar-refractivity contribution >= 4 is 11.5 Å². The number of rotatable bonds is 0. The van der Waals surface area contributed by atoms with E-state index in [1.165, 1.54) is 0 Å². The molecular formula is C12H15N5O. The highest BCUT2D eigenvalue weighted by Crippen LogP contribution is 2.38. The van der Waals surface area contributed by atoms with Crippen molar-refractivity contribution in [2.75, 3.05) is 5.01 Å². The largest absolute Gasteiger partial charge is 0.483 e. The zero-order valence-corrected chi connectivity index (χ0v) is 10.2. The van der Waals surface area contributed by atoms with Crippen molar-refractivity contribution in [2.45, 2.75) is 38.3 Å². The number of hydrogen-bond acceptors (Lipinski definition) is 5. The van der Waals surface area contributed by atoms with Crippen LogP contribution in [0.5, 0.6) is 5.75 Å². The molecule has 4 rings (SSSR count). The van der Waals surface area contributed by atoms with E-state index in [2.05, 4.69) is 10.1 Å². The van der Waals surface area contributed by atoms with Crippen molar-refractivity contribution in [1.29, 1.82) is 0 Å². The second kappa shape index (κ2) is 3.35. The van der Waals surface area contributed by atoms with Crippen LogP contribution in [0.25, 0.3) is 5.65 Å². The van der Waals surface area contributed by atoms with Crippen molar-refractivity contribution in [3.8, 4) is 5.75 Å². The van der Waals surface area contributed by atoms with Crippen molar-refractivity contribution in [1.82, 2.24) is 14.6 Å². The molecule has 2 aliphatic rings. The van der Waals surface area contributed by atoms with E-state index in [4.69, 9.17) is 10.6 Å². The highest BCUT2D eigenvalue weighted by molar-refractivity contribution is 5.60. The molecule has 3 heterocycles. The maximum atomic E-state index is 6.20. The number of hydrazine groups is 1. The number of anilines is 1. The number of aryl methyl sites for hydroxylation is 1. The summed E-state index contributed by atoms with van der Waals surface area (Å²) in [5.41, 5.74) is 1.88. The Morgan fingerprint density at radius 2 is 2.33 bits per heavy atom. The average Bonchev–Trinajstić information content (AvgIpc) is 2.96. The third kappa shape index (κ3) is 1.21. The van der Waals surface area contributed by atoms with Crippen molar-refractivity contribution in [2.24, 2.45) is 5.84 Å². The normalized spacial score (nSPS) is 26.0. The highest BCUT2D eigenvalue weighted by Gasteiger charge is 2.39. The predicted molar refractivity (Wildman–Crippen MR) is 66.4 cm³/mol. The average molecular weight is 245 g/mol. The smallest absolute Gasteiger partial charge is 0.189 e. The molecule has 1 saturated carbocycles. The lowest BCUT2D eigenvalue weighted by Crippen LogP contribution is -2.51. The second-order valence-electron chi connectivity index (χ2n) is 5.09. The van der Waals surface area contributed by atoms with E-state index in [-0.39, 0.29) is 12.1 Å². The second-order valence-corrected chi connectivity index (χ2v) is 5.09. The van der Waals surface area contributed by atoms with Gasteiger partial charge in [0.15, 0.2) is 17.2 Å². The van der Waals surface area contributed by atoms with Crippen LogP contribution in [0.4, 0.5) is 5.82 Å². The molecule has 6 heteroatoms. The molecule has 0 aromatic carbocycles. The molecule has 0 unspecified atom stereocenters. The predicted octanol–water partition coefficient (Wildman–Crippen LogP) is 1.03. The first-order valence-corrected chi connectivity index (χ1v) is 6.29. The number of hydrogen-bond donors (Lipinski definition) is 1. The summed E-state index contributed by atoms with van der Waals surface area (Å²) in [6.07, 6.45) is 7.17. The standard InChI is InChI=1S/C12H15N5O/c1-7-5-14-16-6-10-12(15-11(7)16)17(13)8-3-2-4-9(8)18-10/h5-6,8-9H,2-4,13H2,1H3/t8-,9-/m0/s1. The first kappa shape index (κ1) is 10.1. The number of nitrogens with two attached hydrogens (primary N) is 1. The summed E-state index contributed by atoms with van der Waals surface area (Å²) >= 11 is 0. The van der Waals surface area contributed by atoms with Gasteiger partial charge in [0, 0.05) is 5.56 Å². The fourth-order valence-electron chi connectivity index (χ4n) is 2.95. The fourth-order valence-corrected chi connectivity index (χ4v) is 2.95. The molecule has 1 fully saturated rings. The third-order valence-corrected chi connectivity index (χ3v) is 3.92. The maximum Gasteiger partial charge on any atom is 0.189 e. The van der Waals surface area contributed by atoms with Gasteiger partial charge in [-0.2, -0.15) is 5.10 Å². The third-order valence-electron chi connectivity index (χ3n) is 3.92. The Balaban J connectivity index is 1.91. The first-order chi connectivity index (χ1) is 8.74. The van der Waals surface area contributed by atoms with Crippen LogP contribution in [-0.4, -0.2) is 26.7 Å². The summed E-state index contributed by atoms with van der Waals surface area (Å²) in [6.45, 7) is 1.99. The summed E-state index contributed by atoms with van der Waals surface area (Å²) in [6, 6.07) is 0.260. The Bertz CT molecular complexity index is 622. The molecule has 2 aromatic heterocycles. The quantitative estimate of drug-likeness (QED) is 0.702. The number of nitrogens with zero attached hydrogens (tertiary/aromatic N) is 4.